The molecule has 1 fully saturated rings. The van der Waals surface area contributed by atoms with Crippen molar-refractivity contribution >= 4 is 39.8 Å². The molecule has 7 nitrogen and oxygen atoms in total. The van der Waals surface area contributed by atoms with Crippen LogP contribution in [0.1, 0.15) is 6.42 Å². The highest BCUT2D eigenvalue weighted by molar-refractivity contribution is 14.0. The predicted molar refractivity (Wildman–Crippen MR) is 116 cm³/mol. The Balaban J connectivity index is 0.00000338. The Kier molecular flexibility index (Phi) is 10.9. The topological polar surface area (TPSA) is 83.0 Å². The Morgan fingerprint density at radius 3 is 2.46 bits per heavy atom. The van der Waals surface area contributed by atoms with Crippen molar-refractivity contribution in [2.75, 3.05) is 57.9 Å². The van der Waals surface area contributed by atoms with Crippen molar-refractivity contribution in [1.29, 1.82) is 0 Å². The summed E-state index contributed by atoms with van der Waals surface area (Å²) in [5.41, 5.74) is 0. The van der Waals surface area contributed by atoms with E-state index >= 15 is 0 Å². The molecule has 148 valence electrons. The van der Waals surface area contributed by atoms with Gasteiger partial charge in [0.15, 0.2) is 15.8 Å². The molecule has 2 N–H and O–H groups in total. The van der Waals surface area contributed by atoms with Crippen LogP contribution in [0.25, 0.3) is 0 Å². The second kappa shape index (κ2) is 12.3. The van der Waals surface area contributed by atoms with Crippen molar-refractivity contribution in [2.24, 2.45) is 4.99 Å². The van der Waals surface area contributed by atoms with E-state index in [2.05, 4.69) is 20.5 Å². The molecule has 0 aromatic heterocycles. The third kappa shape index (κ3) is 9.04. The molecule has 26 heavy (non-hydrogen) atoms. The Morgan fingerprint density at radius 2 is 1.81 bits per heavy atom. The molecule has 0 saturated carbocycles. The summed E-state index contributed by atoms with van der Waals surface area (Å²) in [6.07, 6.45) is 0.875. The number of hydrogen-bond donors (Lipinski definition) is 2. The van der Waals surface area contributed by atoms with E-state index in [1.54, 1.807) is 7.05 Å². The first-order chi connectivity index (χ1) is 12.1. The molecule has 1 aliphatic rings. The summed E-state index contributed by atoms with van der Waals surface area (Å²) in [4.78, 5) is 6.35. The molecular formula is C17H29IN4O3S. The lowest BCUT2D eigenvalue weighted by molar-refractivity contribution is 0.299. The lowest BCUT2D eigenvalue weighted by Crippen LogP contribution is -2.46. The van der Waals surface area contributed by atoms with Crippen LogP contribution in [0.4, 0.5) is 0 Å². The van der Waals surface area contributed by atoms with E-state index in [-0.39, 0.29) is 35.5 Å². The smallest absolute Gasteiger partial charge is 0.191 e. The van der Waals surface area contributed by atoms with E-state index in [1.807, 2.05) is 30.3 Å². The van der Waals surface area contributed by atoms with Crippen molar-refractivity contribution in [3.63, 3.8) is 0 Å². The lowest BCUT2D eigenvalue weighted by atomic mass is 10.3. The minimum absolute atomic E-state index is 0. The van der Waals surface area contributed by atoms with E-state index in [0.29, 0.717) is 19.7 Å². The zero-order valence-corrected chi connectivity index (χ0v) is 18.3. The van der Waals surface area contributed by atoms with Gasteiger partial charge in [0.05, 0.1) is 18.1 Å². The number of nitrogens with zero attached hydrogens (tertiary/aromatic N) is 2. The van der Waals surface area contributed by atoms with Crippen LogP contribution in [0.2, 0.25) is 0 Å². The summed E-state index contributed by atoms with van der Waals surface area (Å²) in [6.45, 7) is 4.21. The van der Waals surface area contributed by atoms with Gasteiger partial charge in [0.1, 0.15) is 5.75 Å². The molecule has 1 heterocycles. The Labute approximate surface area is 173 Å². The number of benzene rings is 1. The van der Waals surface area contributed by atoms with Crippen molar-refractivity contribution in [1.82, 2.24) is 15.5 Å². The number of sulfone groups is 1. The number of nitrogens with one attached hydrogen (secondary N) is 2. The van der Waals surface area contributed by atoms with Gasteiger partial charge in [0.2, 0.25) is 0 Å². The quantitative estimate of drug-likeness (QED) is 0.242. The molecule has 0 bridgehead atoms. The molecular weight excluding hydrogens is 467 g/mol. The minimum Gasteiger partial charge on any atom is -0.494 e. The normalized spacial score (nSPS) is 17.2. The molecule has 0 unspecified atom stereocenters. The van der Waals surface area contributed by atoms with Gasteiger partial charge < -0.3 is 15.4 Å². The highest BCUT2D eigenvalue weighted by Crippen LogP contribution is 2.08. The van der Waals surface area contributed by atoms with E-state index < -0.39 is 9.84 Å². The second-order valence-corrected chi connectivity index (χ2v) is 8.24. The maximum atomic E-state index is 11.4. The number of aliphatic imine (C=N–C) groups is 1. The Bertz CT molecular complexity index is 627. The fourth-order valence-corrected chi connectivity index (χ4v) is 3.79. The summed E-state index contributed by atoms with van der Waals surface area (Å²) in [5.74, 6) is 2.17. The zero-order chi connectivity index (χ0) is 18.0. The van der Waals surface area contributed by atoms with Crippen molar-refractivity contribution in [2.45, 2.75) is 6.42 Å². The summed E-state index contributed by atoms with van der Waals surface area (Å²) in [6, 6.07) is 9.76. The van der Waals surface area contributed by atoms with Gasteiger partial charge in [-0.25, -0.2) is 8.42 Å². The van der Waals surface area contributed by atoms with Gasteiger partial charge in [0, 0.05) is 39.8 Å². The number of halogens is 1. The number of ether oxygens (including phenoxy) is 1. The molecule has 0 radical (unpaired) electrons. The molecule has 1 aromatic rings. The number of guanidine groups is 1. The Morgan fingerprint density at radius 1 is 1.15 bits per heavy atom. The summed E-state index contributed by atoms with van der Waals surface area (Å²) < 4.78 is 28.5. The number of hydrogen-bond acceptors (Lipinski definition) is 5. The molecule has 9 heteroatoms. The van der Waals surface area contributed by atoms with Crippen LogP contribution in [0, 0.1) is 0 Å². The van der Waals surface area contributed by atoms with Crippen molar-refractivity contribution in [3.8, 4) is 5.75 Å². The molecule has 0 aliphatic carbocycles. The minimum atomic E-state index is -2.81. The van der Waals surface area contributed by atoms with Gasteiger partial charge in [-0.15, -0.1) is 24.0 Å². The Hall–Kier alpha value is -1.07. The van der Waals surface area contributed by atoms with Crippen LogP contribution < -0.4 is 15.4 Å². The third-order valence-corrected chi connectivity index (χ3v) is 5.62. The van der Waals surface area contributed by atoms with Crippen LogP contribution in [0.5, 0.6) is 5.75 Å². The van der Waals surface area contributed by atoms with Gasteiger partial charge in [-0.05, 0) is 18.6 Å². The first kappa shape index (κ1) is 23.0. The van der Waals surface area contributed by atoms with Gasteiger partial charge in [0.25, 0.3) is 0 Å². The number of rotatable bonds is 8. The molecule has 1 aromatic carbocycles. The molecule has 0 spiro atoms. The zero-order valence-electron chi connectivity index (χ0n) is 15.2. The summed E-state index contributed by atoms with van der Waals surface area (Å²) >= 11 is 0. The lowest BCUT2D eigenvalue weighted by Gasteiger charge is -2.26. The van der Waals surface area contributed by atoms with Crippen LogP contribution in [0.15, 0.2) is 35.3 Å². The van der Waals surface area contributed by atoms with Crippen LogP contribution in [-0.2, 0) is 9.84 Å². The second-order valence-electron chi connectivity index (χ2n) is 5.93. The van der Waals surface area contributed by atoms with Gasteiger partial charge in [-0.1, -0.05) is 18.2 Å². The van der Waals surface area contributed by atoms with Crippen molar-refractivity contribution in [3.05, 3.63) is 30.3 Å². The average molecular weight is 496 g/mol. The van der Waals surface area contributed by atoms with E-state index in [4.69, 9.17) is 4.74 Å². The molecule has 2 rings (SSSR count). The van der Waals surface area contributed by atoms with Gasteiger partial charge >= 0.3 is 0 Å². The van der Waals surface area contributed by atoms with Crippen molar-refractivity contribution < 1.29 is 13.2 Å². The molecule has 1 aliphatic heterocycles. The molecule has 0 amide bonds. The van der Waals surface area contributed by atoms with E-state index in [1.165, 1.54) is 0 Å². The predicted octanol–water partition coefficient (Wildman–Crippen LogP) is 0.969. The molecule has 1 saturated heterocycles. The first-order valence-electron chi connectivity index (χ1n) is 8.64. The fraction of sp³-hybridized carbons (Fsp3) is 0.588. The van der Waals surface area contributed by atoms with Crippen LogP contribution >= 0.6 is 24.0 Å². The summed E-state index contributed by atoms with van der Waals surface area (Å²) in [7, 11) is -1.07. The standard InChI is InChI=1S/C17H28N4O3S.HI/c1-18-17(19-8-5-13-24-16-6-3-2-4-7-16)20-9-10-21-11-14-25(22,23)15-12-21;/h2-4,6-7H,5,8-15H2,1H3,(H2,18,19,20);1H. The highest BCUT2D eigenvalue weighted by Gasteiger charge is 2.20. The van der Waals surface area contributed by atoms with Gasteiger partial charge in [-0.2, -0.15) is 0 Å². The molecule has 0 atom stereocenters. The maximum Gasteiger partial charge on any atom is 0.191 e. The number of para-hydroxylation sites is 1. The van der Waals surface area contributed by atoms with Crippen LogP contribution in [0.3, 0.4) is 0 Å². The average Bonchev–Trinajstić information content (AvgIpc) is 2.62. The van der Waals surface area contributed by atoms with Gasteiger partial charge in [-0.3, -0.25) is 9.89 Å². The van der Waals surface area contributed by atoms with E-state index in [9.17, 15) is 8.42 Å². The third-order valence-electron chi connectivity index (χ3n) is 4.01. The SMILES string of the molecule is CN=C(NCCCOc1ccccc1)NCCN1CCS(=O)(=O)CC1.I. The van der Waals surface area contributed by atoms with Crippen LogP contribution in [-0.4, -0.2) is 77.2 Å². The fourth-order valence-electron chi connectivity index (χ4n) is 2.51. The maximum absolute atomic E-state index is 11.4. The first-order valence-corrected chi connectivity index (χ1v) is 10.5. The van der Waals surface area contributed by atoms with E-state index in [0.717, 1.165) is 37.8 Å². The monoisotopic (exact) mass is 496 g/mol. The summed E-state index contributed by atoms with van der Waals surface area (Å²) in [5, 5.41) is 6.50. The highest BCUT2D eigenvalue weighted by atomic mass is 127. The largest absolute Gasteiger partial charge is 0.494 e.